The van der Waals surface area contributed by atoms with Crippen LogP contribution in [-0.4, -0.2) is 66.7 Å². The molecule has 3 N–H and O–H groups in total. The van der Waals surface area contributed by atoms with E-state index < -0.39 is 6.10 Å². The minimum Gasteiger partial charge on any atom is -0.508 e. The number of carbonyl (C=O) groups excluding carboxylic acids is 1. The molecule has 146 valence electrons. The van der Waals surface area contributed by atoms with Gasteiger partial charge < -0.3 is 29.9 Å². The number of phenolic OH excluding ortho intramolecular Hbond substituents is 1. The van der Waals surface area contributed by atoms with Gasteiger partial charge in [0.25, 0.3) is 0 Å². The molecule has 7 heteroatoms. The van der Waals surface area contributed by atoms with E-state index in [9.17, 15) is 15.0 Å². The number of aromatic hydroxyl groups is 1. The summed E-state index contributed by atoms with van der Waals surface area (Å²) in [6.45, 7) is 5.25. The molecular weight excluding hydrogens is 336 g/mol. The van der Waals surface area contributed by atoms with Crippen LogP contribution in [0.5, 0.6) is 11.5 Å². The van der Waals surface area contributed by atoms with Gasteiger partial charge in [-0.2, -0.15) is 0 Å². The molecule has 1 aliphatic heterocycles. The molecule has 1 saturated heterocycles. The van der Waals surface area contributed by atoms with Crippen LogP contribution < -0.4 is 10.1 Å². The van der Waals surface area contributed by atoms with Crippen LogP contribution in [0.4, 0.5) is 4.79 Å². The van der Waals surface area contributed by atoms with Crippen molar-refractivity contribution in [1.82, 2.24) is 10.2 Å². The number of aliphatic hydroxyl groups is 1. The molecular formula is C19H30N2O5. The van der Waals surface area contributed by atoms with E-state index in [2.05, 4.69) is 5.32 Å². The smallest absolute Gasteiger partial charge is 0.317 e. The second-order valence-corrected chi connectivity index (χ2v) is 6.44. The fraction of sp³-hybridized carbons (Fsp3) is 0.632. The lowest BCUT2D eigenvalue weighted by Gasteiger charge is -2.26. The maximum absolute atomic E-state index is 11.9. The number of hydrogen-bond acceptors (Lipinski definition) is 5. The Labute approximate surface area is 154 Å². The van der Waals surface area contributed by atoms with Crippen molar-refractivity contribution in [3.63, 3.8) is 0 Å². The van der Waals surface area contributed by atoms with Gasteiger partial charge in [0.1, 0.15) is 18.1 Å². The summed E-state index contributed by atoms with van der Waals surface area (Å²) in [5, 5.41) is 22.6. The number of ether oxygens (including phenoxy) is 2. The lowest BCUT2D eigenvalue weighted by Crippen LogP contribution is -2.46. The minimum atomic E-state index is -0.552. The van der Waals surface area contributed by atoms with E-state index in [1.54, 1.807) is 23.1 Å². The number of unbranched alkanes of at least 4 members (excludes halogenated alkanes) is 1. The zero-order valence-electron chi connectivity index (χ0n) is 15.4. The van der Waals surface area contributed by atoms with E-state index in [-0.39, 0.29) is 18.4 Å². The van der Waals surface area contributed by atoms with Crippen LogP contribution >= 0.6 is 0 Å². The summed E-state index contributed by atoms with van der Waals surface area (Å²) in [6, 6.07) is 5.06. The molecule has 0 radical (unpaired) electrons. The van der Waals surface area contributed by atoms with Crippen LogP contribution in [0.25, 0.3) is 0 Å². The Morgan fingerprint density at radius 3 is 2.85 bits per heavy atom. The van der Waals surface area contributed by atoms with Crippen LogP contribution in [-0.2, 0) is 11.2 Å². The van der Waals surface area contributed by atoms with Crippen molar-refractivity contribution in [2.24, 2.45) is 0 Å². The molecule has 26 heavy (non-hydrogen) atoms. The van der Waals surface area contributed by atoms with Crippen LogP contribution in [0.2, 0.25) is 0 Å². The van der Waals surface area contributed by atoms with Gasteiger partial charge in [-0.05, 0) is 49.4 Å². The molecule has 0 aromatic heterocycles. The van der Waals surface area contributed by atoms with Crippen molar-refractivity contribution in [2.45, 2.75) is 38.7 Å². The van der Waals surface area contributed by atoms with Gasteiger partial charge in [0.15, 0.2) is 0 Å². The predicted octanol–water partition coefficient (Wildman–Crippen LogP) is 1.91. The SMILES string of the molecule is CCc1cc(OC[C@@H](O)CCCCNC(=O)N2CCOCC2)ccc1O. The van der Waals surface area contributed by atoms with Gasteiger partial charge >= 0.3 is 6.03 Å². The summed E-state index contributed by atoms with van der Waals surface area (Å²) in [4.78, 5) is 13.7. The minimum absolute atomic E-state index is 0.0451. The summed E-state index contributed by atoms with van der Waals surface area (Å²) in [5.74, 6) is 0.913. The van der Waals surface area contributed by atoms with Gasteiger partial charge in [0.05, 0.1) is 19.3 Å². The first-order valence-corrected chi connectivity index (χ1v) is 9.33. The maximum Gasteiger partial charge on any atom is 0.317 e. The Morgan fingerprint density at radius 2 is 2.12 bits per heavy atom. The quantitative estimate of drug-likeness (QED) is 0.581. The van der Waals surface area contributed by atoms with Crippen molar-refractivity contribution in [3.8, 4) is 11.5 Å². The normalized spacial score (nSPS) is 15.5. The van der Waals surface area contributed by atoms with Gasteiger partial charge in [-0.3, -0.25) is 0 Å². The van der Waals surface area contributed by atoms with Gasteiger partial charge in [-0.1, -0.05) is 6.92 Å². The van der Waals surface area contributed by atoms with Gasteiger partial charge in [0.2, 0.25) is 0 Å². The van der Waals surface area contributed by atoms with Gasteiger partial charge in [-0.15, -0.1) is 0 Å². The Kier molecular flexibility index (Phi) is 8.50. The lowest BCUT2D eigenvalue weighted by atomic mass is 10.1. The van der Waals surface area contributed by atoms with Crippen LogP contribution in [0.15, 0.2) is 18.2 Å². The third kappa shape index (κ3) is 6.72. The molecule has 2 amide bonds. The first-order valence-electron chi connectivity index (χ1n) is 9.33. The number of rotatable bonds is 9. The zero-order chi connectivity index (χ0) is 18.8. The fourth-order valence-electron chi connectivity index (χ4n) is 2.79. The molecule has 7 nitrogen and oxygen atoms in total. The number of urea groups is 1. The molecule has 0 aliphatic carbocycles. The summed E-state index contributed by atoms with van der Waals surface area (Å²) in [5.41, 5.74) is 0.827. The molecule has 1 atom stereocenters. The molecule has 1 heterocycles. The second kappa shape index (κ2) is 10.9. The van der Waals surface area contributed by atoms with Crippen molar-refractivity contribution in [1.29, 1.82) is 0 Å². The van der Waals surface area contributed by atoms with E-state index >= 15 is 0 Å². The Balaban J connectivity index is 1.56. The summed E-state index contributed by atoms with van der Waals surface area (Å²) in [6.07, 6.45) is 2.41. The van der Waals surface area contributed by atoms with E-state index in [1.165, 1.54) is 0 Å². The van der Waals surface area contributed by atoms with Crippen molar-refractivity contribution in [3.05, 3.63) is 23.8 Å². The number of nitrogens with zero attached hydrogens (tertiary/aromatic N) is 1. The molecule has 1 aliphatic rings. The average Bonchev–Trinajstić information content (AvgIpc) is 2.67. The van der Waals surface area contributed by atoms with Crippen LogP contribution in [0.3, 0.4) is 0 Å². The number of morpholine rings is 1. The zero-order valence-corrected chi connectivity index (χ0v) is 15.4. The first kappa shape index (κ1) is 20.3. The number of carbonyl (C=O) groups is 1. The molecule has 1 aromatic carbocycles. The largest absolute Gasteiger partial charge is 0.508 e. The number of nitrogens with one attached hydrogen (secondary N) is 1. The molecule has 0 saturated carbocycles. The molecule has 1 aromatic rings. The highest BCUT2D eigenvalue weighted by Gasteiger charge is 2.15. The molecule has 0 spiro atoms. The first-order chi connectivity index (χ1) is 12.6. The van der Waals surface area contributed by atoms with Crippen molar-refractivity contribution in [2.75, 3.05) is 39.5 Å². The number of amides is 2. The summed E-state index contributed by atoms with van der Waals surface area (Å²) >= 11 is 0. The van der Waals surface area contributed by atoms with Gasteiger partial charge in [-0.25, -0.2) is 4.79 Å². The Morgan fingerprint density at radius 1 is 1.35 bits per heavy atom. The molecule has 1 fully saturated rings. The number of hydrogen-bond donors (Lipinski definition) is 3. The van der Waals surface area contributed by atoms with E-state index in [0.29, 0.717) is 45.0 Å². The maximum atomic E-state index is 11.9. The van der Waals surface area contributed by atoms with Crippen LogP contribution in [0, 0.1) is 0 Å². The van der Waals surface area contributed by atoms with Gasteiger partial charge in [0, 0.05) is 19.6 Å². The molecule has 0 unspecified atom stereocenters. The third-order valence-corrected chi connectivity index (χ3v) is 4.41. The Bertz CT molecular complexity index is 561. The van der Waals surface area contributed by atoms with E-state index in [1.807, 2.05) is 6.92 Å². The van der Waals surface area contributed by atoms with Crippen molar-refractivity contribution < 1.29 is 24.5 Å². The van der Waals surface area contributed by atoms with Crippen molar-refractivity contribution >= 4 is 6.03 Å². The summed E-state index contributed by atoms with van der Waals surface area (Å²) in [7, 11) is 0. The second-order valence-electron chi connectivity index (χ2n) is 6.44. The fourth-order valence-corrected chi connectivity index (χ4v) is 2.79. The predicted molar refractivity (Wildman–Crippen MR) is 98.6 cm³/mol. The van der Waals surface area contributed by atoms with E-state index in [0.717, 1.165) is 24.8 Å². The highest BCUT2D eigenvalue weighted by Crippen LogP contribution is 2.23. The average molecular weight is 366 g/mol. The highest BCUT2D eigenvalue weighted by molar-refractivity contribution is 5.74. The molecule has 2 rings (SSSR count). The number of aryl methyl sites for hydroxylation is 1. The van der Waals surface area contributed by atoms with E-state index in [4.69, 9.17) is 9.47 Å². The number of phenols is 1. The Hall–Kier alpha value is -1.99. The monoisotopic (exact) mass is 366 g/mol. The third-order valence-electron chi connectivity index (χ3n) is 4.41. The topological polar surface area (TPSA) is 91.3 Å². The standard InChI is InChI=1S/C19H30N2O5/c1-2-15-13-17(6-7-18(15)23)26-14-16(22)5-3-4-8-20-19(24)21-9-11-25-12-10-21/h6-7,13,16,22-23H,2-5,8-12,14H2,1H3,(H,20,24)/t16-/m0/s1. The summed E-state index contributed by atoms with van der Waals surface area (Å²) < 4.78 is 10.8. The number of benzene rings is 1. The lowest BCUT2D eigenvalue weighted by molar-refractivity contribution is 0.0532. The highest BCUT2D eigenvalue weighted by atomic mass is 16.5. The van der Waals surface area contributed by atoms with Crippen LogP contribution in [0.1, 0.15) is 31.7 Å². The number of aliphatic hydroxyl groups excluding tert-OH is 1. The molecule has 0 bridgehead atoms.